The zero-order valence-corrected chi connectivity index (χ0v) is 17.4. The molecule has 0 amide bonds. The first-order chi connectivity index (χ1) is 13.4. The maximum absolute atomic E-state index is 13.2. The number of hydrogen-bond donors (Lipinski definition) is 0. The molecule has 2 aliphatic rings. The minimum atomic E-state index is -3.61. The van der Waals surface area contributed by atoms with Crippen molar-refractivity contribution in [1.29, 1.82) is 0 Å². The van der Waals surface area contributed by atoms with E-state index in [4.69, 9.17) is 4.74 Å². The first-order valence-electron chi connectivity index (χ1n) is 9.64. The van der Waals surface area contributed by atoms with Crippen LogP contribution in [0.3, 0.4) is 0 Å². The summed E-state index contributed by atoms with van der Waals surface area (Å²) in [7, 11) is -2.11. The van der Waals surface area contributed by atoms with Gasteiger partial charge in [0.2, 0.25) is 10.0 Å². The lowest BCUT2D eigenvalue weighted by atomic mass is 10.1. The maximum Gasteiger partial charge on any atom is 0.246 e. The Hall–Kier alpha value is -2.19. The molecule has 0 atom stereocenters. The van der Waals surface area contributed by atoms with Gasteiger partial charge < -0.3 is 9.64 Å². The van der Waals surface area contributed by atoms with Crippen molar-refractivity contribution in [1.82, 2.24) is 14.5 Å². The Balaban J connectivity index is 1.49. The summed E-state index contributed by atoms with van der Waals surface area (Å²) >= 11 is 0. The third kappa shape index (κ3) is 3.58. The summed E-state index contributed by atoms with van der Waals surface area (Å²) in [6.07, 6.45) is 2.40. The molecule has 2 fully saturated rings. The number of piperazine rings is 1. The first kappa shape index (κ1) is 19.1. The Labute approximate surface area is 166 Å². The maximum atomic E-state index is 13.2. The van der Waals surface area contributed by atoms with Crippen LogP contribution in [-0.4, -0.2) is 56.2 Å². The van der Waals surface area contributed by atoms with Crippen molar-refractivity contribution < 1.29 is 13.2 Å². The van der Waals surface area contributed by atoms with Crippen LogP contribution in [0.1, 0.15) is 35.6 Å². The van der Waals surface area contributed by atoms with Gasteiger partial charge in [-0.2, -0.15) is 9.40 Å². The van der Waals surface area contributed by atoms with Gasteiger partial charge in [0.1, 0.15) is 10.6 Å². The van der Waals surface area contributed by atoms with E-state index in [0.717, 1.165) is 22.6 Å². The molecule has 1 saturated carbocycles. The van der Waals surface area contributed by atoms with Crippen LogP contribution in [0, 0.1) is 13.8 Å². The van der Waals surface area contributed by atoms with Crippen LogP contribution in [0.15, 0.2) is 29.2 Å². The highest BCUT2D eigenvalue weighted by Gasteiger charge is 2.32. The average molecular weight is 403 g/mol. The van der Waals surface area contributed by atoms with Crippen molar-refractivity contribution >= 4 is 15.8 Å². The van der Waals surface area contributed by atoms with Crippen molar-refractivity contribution in [3.63, 3.8) is 0 Å². The van der Waals surface area contributed by atoms with Crippen molar-refractivity contribution in [3.05, 3.63) is 41.1 Å². The van der Waals surface area contributed by atoms with Crippen molar-refractivity contribution in [2.75, 3.05) is 38.2 Å². The second-order valence-electron chi connectivity index (χ2n) is 7.57. The fraction of sp³-hybridized carbons (Fsp3) is 0.500. The van der Waals surface area contributed by atoms with Gasteiger partial charge in [0.15, 0.2) is 5.82 Å². The summed E-state index contributed by atoms with van der Waals surface area (Å²) in [6, 6.07) is 7.54. The van der Waals surface area contributed by atoms with E-state index >= 15 is 0 Å². The molecule has 0 radical (unpaired) electrons. The van der Waals surface area contributed by atoms with Crippen LogP contribution in [-0.2, 0) is 10.0 Å². The quantitative estimate of drug-likeness (QED) is 0.765. The van der Waals surface area contributed by atoms with Crippen LogP contribution in [0.5, 0.6) is 5.75 Å². The molecule has 1 aromatic carbocycles. The number of sulfonamides is 1. The lowest BCUT2D eigenvalue weighted by molar-refractivity contribution is 0.373. The number of aromatic nitrogens is 2. The fourth-order valence-corrected chi connectivity index (χ4v) is 5.17. The molecule has 4 rings (SSSR count). The first-order valence-corrected chi connectivity index (χ1v) is 11.1. The summed E-state index contributed by atoms with van der Waals surface area (Å²) in [4.78, 5) is 2.33. The highest BCUT2D eigenvalue weighted by Crippen LogP contribution is 2.38. The molecular formula is C20H26N4O3S. The summed E-state index contributed by atoms with van der Waals surface area (Å²) in [5.41, 5.74) is 3.00. The van der Waals surface area contributed by atoms with Crippen LogP contribution < -0.4 is 9.64 Å². The van der Waals surface area contributed by atoms with Crippen LogP contribution in [0.2, 0.25) is 0 Å². The van der Waals surface area contributed by atoms with Crippen LogP contribution >= 0.6 is 0 Å². The Kier molecular flexibility index (Phi) is 5.01. The van der Waals surface area contributed by atoms with Gasteiger partial charge in [0.25, 0.3) is 0 Å². The van der Waals surface area contributed by atoms with Gasteiger partial charge in [0, 0.05) is 32.1 Å². The number of nitrogens with zero attached hydrogens (tertiary/aromatic N) is 4. The van der Waals surface area contributed by atoms with Crippen molar-refractivity contribution in [3.8, 4) is 5.75 Å². The van der Waals surface area contributed by atoms with Crippen molar-refractivity contribution in [2.24, 2.45) is 0 Å². The molecule has 1 aliphatic heterocycles. The van der Waals surface area contributed by atoms with Crippen LogP contribution in [0.4, 0.5) is 5.82 Å². The standard InChI is InChI=1S/C20H26N4O3S/c1-14-12-18(27-3)19(13-15(14)2)28(25,26)24-10-8-23(9-11-24)20-7-6-17(21-22-20)16-4-5-16/h6-7,12-13,16H,4-5,8-11H2,1-3H3. The van der Waals surface area contributed by atoms with E-state index in [9.17, 15) is 8.42 Å². The molecule has 0 bridgehead atoms. The Morgan fingerprint density at radius 1 is 1.00 bits per heavy atom. The molecule has 2 aromatic rings. The average Bonchev–Trinajstić information content (AvgIpc) is 3.55. The smallest absolute Gasteiger partial charge is 0.246 e. The second kappa shape index (κ2) is 7.33. The zero-order valence-electron chi connectivity index (χ0n) is 16.6. The number of rotatable bonds is 5. The summed E-state index contributed by atoms with van der Waals surface area (Å²) < 4.78 is 33.3. The Bertz CT molecular complexity index is 964. The third-order valence-corrected chi connectivity index (χ3v) is 7.55. The number of aryl methyl sites for hydroxylation is 2. The van der Waals surface area contributed by atoms with Crippen molar-refractivity contribution in [2.45, 2.75) is 37.5 Å². The topological polar surface area (TPSA) is 75.6 Å². The minimum absolute atomic E-state index is 0.236. The molecule has 150 valence electrons. The molecule has 28 heavy (non-hydrogen) atoms. The fourth-order valence-electron chi connectivity index (χ4n) is 3.52. The minimum Gasteiger partial charge on any atom is -0.495 e. The predicted octanol–water partition coefficient (Wildman–Crippen LogP) is 2.49. The number of benzene rings is 1. The molecular weight excluding hydrogens is 376 g/mol. The van der Waals surface area contributed by atoms with Crippen LogP contribution in [0.25, 0.3) is 0 Å². The van der Waals surface area contributed by atoms with Gasteiger partial charge >= 0.3 is 0 Å². The van der Waals surface area contributed by atoms with Gasteiger partial charge in [-0.05, 0) is 62.1 Å². The number of methoxy groups -OCH3 is 1. The van der Waals surface area contributed by atoms with E-state index in [1.807, 2.05) is 26.0 Å². The second-order valence-corrected chi connectivity index (χ2v) is 9.48. The Morgan fingerprint density at radius 3 is 2.25 bits per heavy atom. The highest BCUT2D eigenvalue weighted by molar-refractivity contribution is 7.89. The van der Waals surface area contributed by atoms with E-state index in [1.54, 1.807) is 12.1 Å². The number of hydrogen-bond acceptors (Lipinski definition) is 6. The molecule has 7 nitrogen and oxygen atoms in total. The molecule has 0 N–H and O–H groups in total. The molecule has 1 aliphatic carbocycles. The Morgan fingerprint density at radius 2 is 1.68 bits per heavy atom. The molecule has 1 saturated heterocycles. The monoisotopic (exact) mass is 402 g/mol. The largest absolute Gasteiger partial charge is 0.495 e. The van der Waals surface area contributed by atoms with Gasteiger partial charge in [-0.3, -0.25) is 0 Å². The third-order valence-electron chi connectivity index (χ3n) is 5.63. The summed E-state index contributed by atoms with van der Waals surface area (Å²) in [5.74, 6) is 1.79. The summed E-state index contributed by atoms with van der Waals surface area (Å²) in [6.45, 7) is 5.85. The molecule has 1 aromatic heterocycles. The summed E-state index contributed by atoms with van der Waals surface area (Å²) in [5, 5.41) is 8.68. The van der Waals surface area contributed by atoms with Gasteiger partial charge in [-0.1, -0.05) is 0 Å². The number of ether oxygens (including phenoxy) is 1. The predicted molar refractivity (Wildman–Crippen MR) is 107 cm³/mol. The van der Waals surface area contributed by atoms with E-state index in [2.05, 4.69) is 15.1 Å². The lowest BCUT2D eigenvalue weighted by Crippen LogP contribution is -2.49. The highest BCUT2D eigenvalue weighted by atomic mass is 32.2. The molecule has 0 spiro atoms. The van der Waals surface area contributed by atoms with Gasteiger partial charge in [-0.15, -0.1) is 5.10 Å². The van der Waals surface area contributed by atoms with E-state index in [-0.39, 0.29) is 4.90 Å². The van der Waals surface area contributed by atoms with E-state index in [0.29, 0.717) is 37.8 Å². The van der Waals surface area contributed by atoms with E-state index < -0.39 is 10.0 Å². The number of anilines is 1. The van der Waals surface area contributed by atoms with Gasteiger partial charge in [-0.25, -0.2) is 8.42 Å². The van der Waals surface area contributed by atoms with E-state index in [1.165, 1.54) is 24.3 Å². The van der Waals surface area contributed by atoms with Gasteiger partial charge in [0.05, 0.1) is 12.8 Å². The molecule has 8 heteroatoms. The lowest BCUT2D eigenvalue weighted by Gasteiger charge is -2.34. The molecule has 2 heterocycles. The normalized spacial score (nSPS) is 18.3. The zero-order chi connectivity index (χ0) is 19.9. The SMILES string of the molecule is COc1cc(C)c(C)cc1S(=O)(=O)N1CCN(c2ccc(C3CC3)nn2)CC1. The molecule has 0 unspecified atom stereocenters.